The molecule has 1 fully saturated rings. The third kappa shape index (κ3) is 5.35. The van der Waals surface area contributed by atoms with Crippen molar-refractivity contribution in [3.05, 3.63) is 27.7 Å². The first kappa shape index (κ1) is 22.0. The third-order valence-corrected chi connectivity index (χ3v) is 6.97. The molecule has 1 unspecified atom stereocenters. The SMILES string of the molecule is Cc1ccc(Br)c(C)c1N(C(=O)CSC(=O)C1CCCCC1)C(C)C(=O)O. The summed E-state index contributed by atoms with van der Waals surface area (Å²) < 4.78 is 0.810. The summed E-state index contributed by atoms with van der Waals surface area (Å²) in [5, 5.41) is 9.57. The van der Waals surface area contributed by atoms with Gasteiger partial charge in [-0.2, -0.15) is 0 Å². The van der Waals surface area contributed by atoms with Crippen LogP contribution in [0.15, 0.2) is 16.6 Å². The Bertz CT molecular complexity index is 731. The van der Waals surface area contributed by atoms with Gasteiger partial charge in [-0.1, -0.05) is 53.0 Å². The van der Waals surface area contributed by atoms with Crippen molar-refractivity contribution in [2.75, 3.05) is 10.7 Å². The smallest absolute Gasteiger partial charge is 0.326 e. The van der Waals surface area contributed by atoms with Crippen molar-refractivity contribution in [1.82, 2.24) is 0 Å². The average Bonchev–Trinajstić information content (AvgIpc) is 2.66. The number of carboxylic acids is 1. The number of aliphatic carboxylic acids is 1. The molecular weight excluding hydrogens is 430 g/mol. The van der Waals surface area contributed by atoms with Crippen LogP contribution in [0.2, 0.25) is 0 Å². The van der Waals surface area contributed by atoms with Crippen molar-refractivity contribution in [2.24, 2.45) is 5.92 Å². The van der Waals surface area contributed by atoms with E-state index in [0.717, 1.165) is 53.0 Å². The molecule has 0 aromatic heterocycles. The van der Waals surface area contributed by atoms with Crippen molar-refractivity contribution >= 4 is 50.4 Å². The van der Waals surface area contributed by atoms with Gasteiger partial charge in [-0.25, -0.2) is 4.79 Å². The van der Waals surface area contributed by atoms with Crippen LogP contribution in [-0.2, 0) is 14.4 Å². The lowest BCUT2D eigenvalue weighted by atomic mass is 9.90. The highest BCUT2D eigenvalue weighted by molar-refractivity contribution is 9.10. The number of aryl methyl sites for hydroxylation is 1. The van der Waals surface area contributed by atoms with Gasteiger partial charge in [0.25, 0.3) is 0 Å². The van der Waals surface area contributed by atoms with Crippen LogP contribution < -0.4 is 4.90 Å². The van der Waals surface area contributed by atoms with Crippen LogP contribution in [0.5, 0.6) is 0 Å². The van der Waals surface area contributed by atoms with E-state index in [-0.39, 0.29) is 22.7 Å². The first-order chi connectivity index (χ1) is 12.7. The number of amides is 1. The molecule has 0 aliphatic heterocycles. The number of thioether (sulfide) groups is 1. The summed E-state index contributed by atoms with van der Waals surface area (Å²) in [5.74, 6) is -1.46. The molecule has 1 aromatic carbocycles. The van der Waals surface area contributed by atoms with Crippen LogP contribution in [0.25, 0.3) is 0 Å². The Morgan fingerprint density at radius 3 is 2.44 bits per heavy atom. The van der Waals surface area contributed by atoms with E-state index in [1.807, 2.05) is 26.0 Å². The molecule has 148 valence electrons. The lowest BCUT2D eigenvalue weighted by molar-refractivity contribution is -0.139. The minimum Gasteiger partial charge on any atom is -0.480 e. The average molecular weight is 456 g/mol. The van der Waals surface area contributed by atoms with Crippen LogP contribution in [0, 0.1) is 19.8 Å². The Kier molecular flexibility index (Phi) is 7.91. The largest absolute Gasteiger partial charge is 0.480 e. The number of rotatable bonds is 6. The standard InChI is InChI=1S/C20H26BrNO4S/c1-12-9-10-16(21)13(2)18(12)22(14(3)19(24)25)17(23)11-27-20(26)15-7-5-4-6-8-15/h9-10,14-15H,4-8,11H2,1-3H3,(H,24,25). The molecule has 1 N–H and O–H groups in total. The summed E-state index contributed by atoms with van der Waals surface area (Å²) in [6, 6.07) is 2.71. The van der Waals surface area contributed by atoms with Crippen molar-refractivity contribution in [2.45, 2.75) is 58.9 Å². The predicted octanol–water partition coefficient (Wildman–Crippen LogP) is 4.71. The predicted molar refractivity (Wildman–Crippen MR) is 112 cm³/mol. The highest BCUT2D eigenvalue weighted by Crippen LogP contribution is 2.33. The number of carboxylic acid groups (broad SMARTS) is 1. The van der Waals surface area contributed by atoms with E-state index < -0.39 is 12.0 Å². The van der Waals surface area contributed by atoms with Gasteiger partial charge >= 0.3 is 5.97 Å². The molecule has 1 atom stereocenters. The second-order valence-corrected chi connectivity index (χ2v) is 8.89. The van der Waals surface area contributed by atoms with Gasteiger partial charge in [0, 0.05) is 10.4 Å². The highest BCUT2D eigenvalue weighted by atomic mass is 79.9. The highest BCUT2D eigenvalue weighted by Gasteiger charge is 2.31. The van der Waals surface area contributed by atoms with Gasteiger partial charge in [-0.05, 0) is 50.8 Å². The quantitative estimate of drug-likeness (QED) is 0.671. The number of nitrogens with zero attached hydrogens (tertiary/aromatic N) is 1. The summed E-state index contributed by atoms with van der Waals surface area (Å²) in [7, 11) is 0. The zero-order valence-electron chi connectivity index (χ0n) is 16.0. The van der Waals surface area contributed by atoms with E-state index >= 15 is 0 Å². The van der Waals surface area contributed by atoms with Crippen molar-refractivity contribution < 1.29 is 19.5 Å². The van der Waals surface area contributed by atoms with Crippen LogP contribution in [0.4, 0.5) is 5.69 Å². The number of carbonyl (C=O) groups excluding carboxylic acids is 2. The van der Waals surface area contributed by atoms with Gasteiger partial charge in [-0.15, -0.1) is 0 Å². The van der Waals surface area contributed by atoms with E-state index in [1.54, 1.807) is 0 Å². The second-order valence-electron chi connectivity index (χ2n) is 7.06. The van der Waals surface area contributed by atoms with Crippen LogP contribution in [0.3, 0.4) is 0 Å². The lowest BCUT2D eigenvalue weighted by Crippen LogP contribution is -2.45. The summed E-state index contributed by atoms with van der Waals surface area (Å²) in [6.07, 6.45) is 5.06. The number of benzene rings is 1. The van der Waals surface area contributed by atoms with Gasteiger partial charge in [0.15, 0.2) is 5.12 Å². The maximum Gasteiger partial charge on any atom is 0.326 e. The number of anilines is 1. The van der Waals surface area contributed by atoms with E-state index in [1.165, 1.54) is 18.2 Å². The number of halogens is 1. The Morgan fingerprint density at radius 1 is 1.22 bits per heavy atom. The minimum absolute atomic E-state index is 0.0243. The summed E-state index contributed by atoms with van der Waals surface area (Å²) in [4.78, 5) is 38.3. The second kappa shape index (κ2) is 9.73. The lowest BCUT2D eigenvalue weighted by Gasteiger charge is -2.30. The molecule has 5 nitrogen and oxygen atoms in total. The Morgan fingerprint density at radius 2 is 1.85 bits per heavy atom. The maximum absolute atomic E-state index is 13.0. The number of hydrogen-bond acceptors (Lipinski definition) is 4. The Balaban J connectivity index is 2.22. The number of hydrogen-bond donors (Lipinski definition) is 1. The molecule has 1 aromatic rings. The molecular formula is C20H26BrNO4S. The molecule has 2 rings (SSSR count). The van der Waals surface area contributed by atoms with Crippen LogP contribution >= 0.6 is 27.7 Å². The van der Waals surface area contributed by atoms with Crippen molar-refractivity contribution in [3.63, 3.8) is 0 Å². The van der Waals surface area contributed by atoms with Gasteiger partial charge in [0.1, 0.15) is 6.04 Å². The first-order valence-corrected chi connectivity index (χ1v) is 11.0. The Labute approximate surface area is 173 Å². The fourth-order valence-corrected chi connectivity index (χ4v) is 4.68. The Hall–Kier alpha value is -1.34. The third-order valence-electron chi connectivity index (χ3n) is 5.10. The maximum atomic E-state index is 13.0. The van der Waals surface area contributed by atoms with Crippen molar-refractivity contribution in [3.8, 4) is 0 Å². The topological polar surface area (TPSA) is 74.7 Å². The van der Waals surface area contributed by atoms with Crippen LogP contribution in [0.1, 0.15) is 50.2 Å². The minimum atomic E-state index is -1.08. The fourth-order valence-electron chi connectivity index (χ4n) is 3.48. The summed E-state index contributed by atoms with van der Waals surface area (Å²) in [6.45, 7) is 5.19. The van der Waals surface area contributed by atoms with Crippen molar-refractivity contribution in [1.29, 1.82) is 0 Å². The van der Waals surface area contributed by atoms with E-state index in [9.17, 15) is 19.5 Å². The fraction of sp³-hybridized carbons (Fsp3) is 0.550. The van der Waals surface area contributed by atoms with Gasteiger partial charge < -0.3 is 5.11 Å². The molecule has 1 amide bonds. The van der Waals surface area contributed by atoms with Gasteiger partial charge in [0.2, 0.25) is 5.91 Å². The van der Waals surface area contributed by atoms with E-state index in [0.29, 0.717) is 5.69 Å². The summed E-state index contributed by atoms with van der Waals surface area (Å²) in [5.41, 5.74) is 2.22. The first-order valence-electron chi connectivity index (χ1n) is 9.21. The van der Waals surface area contributed by atoms with E-state index in [4.69, 9.17) is 0 Å². The van der Waals surface area contributed by atoms with Gasteiger partial charge in [-0.3, -0.25) is 14.5 Å². The molecule has 0 saturated heterocycles. The molecule has 0 radical (unpaired) electrons. The van der Waals surface area contributed by atoms with Crippen LogP contribution in [-0.4, -0.2) is 33.9 Å². The number of carbonyl (C=O) groups is 3. The molecule has 1 aliphatic rings. The molecule has 1 aliphatic carbocycles. The monoisotopic (exact) mass is 455 g/mol. The molecule has 27 heavy (non-hydrogen) atoms. The molecule has 0 heterocycles. The summed E-state index contributed by atoms with van der Waals surface area (Å²) >= 11 is 4.48. The normalized spacial score (nSPS) is 16.0. The molecule has 0 bridgehead atoms. The van der Waals surface area contributed by atoms with Gasteiger partial charge in [0.05, 0.1) is 11.4 Å². The molecule has 7 heteroatoms. The zero-order valence-corrected chi connectivity index (χ0v) is 18.4. The molecule has 0 spiro atoms. The van der Waals surface area contributed by atoms with E-state index in [2.05, 4.69) is 15.9 Å². The molecule has 1 saturated carbocycles. The zero-order chi connectivity index (χ0) is 20.1.